The first-order chi connectivity index (χ1) is 10.7. The number of nitrogens with one attached hydrogen (secondary N) is 1. The van der Waals surface area contributed by atoms with E-state index >= 15 is 0 Å². The molecule has 3 nitrogen and oxygen atoms in total. The summed E-state index contributed by atoms with van der Waals surface area (Å²) in [5.74, 6) is 0.507. The normalized spacial score (nSPS) is 13.4. The van der Waals surface area contributed by atoms with Gasteiger partial charge in [-0.05, 0) is 46.4 Å². The highest BCUT2D eigenvalue weighted by Crippen LogP contribution is 2.37. The molecule has 2 aromatic carbocycles. The summed E-state index contributed by atoms with van der Waals surface area (Å²) in [6.45, 7) is 0.524. The zero-order valence-corrected chi connectivity index (χ0v) is 13.3. The Hall–Kier alpha value is -1.78. The smallest absolute Gasteiger partial charge is 0.237 e. The molecule has 0 aromatic heterocycles. The summed E-state index contributed by atoms with van der Waals surface area (Å²) in [7, 11) is 0. The van der Waals surface area contributed by atoms with Crippen LogP contribution < -0.4 is 11.1 Å². The molecule has 0 saturated heterocycles. The van der Waals surface area contributed by atoms with Gasteiger partial charge in [-0.1, -0.05) is 42.5 Å². The zero-order chi connectivity index (χ0) is 15.5. The second-order valence-electron chi connectivity index (χ2n) is 5.61. The number of fused-ring (bicyclic) bond motifs is 3. The van der Waals surface area contributed by atoms with E-state index in [4.69, 9.17) is 5.73 Å². The van der Waals surface area contributed by atoms with Crippen molar-refractivity contribution < 1.29 is 4.79 Å². The molecular weight excluding hydrogens is 292 g/mol. The Labute approximate surface area is 136 Å². The van der Waals surface area contributed by atoms with Crippen molar-refractivity contribution in [2.45, 2.75) is 25.4 Å². The van der Waals surface area contributed by atoms with E-state index in [1.165, 1.54) is 27.8 Å². The Kier molecular flexibility index (Phi) is 4.50. The van der Waals surface area contributed by atoms with Crippen molar-refractivity contribution in [2.75, 3.05) is 5.75 Å². The van der Waals surface area contributed by atoms with E-state index < -0.39 is 6.04 Å². The Bertz CT molecular complexity index is 699. The average Bonchev–Trinajstić information content (AvgIpc) is 2.92. The van der Waals surface area contributed by atoms with Gasteiger partial charge in [0.15, 0.2) is 0 Å². The molecule has 4 heteroatoms. The third-order valence-electron chi connectivity index (χ3n) is 4.18. The van der Waals surface area contributed by atoms with Crippen LogP contribution in [0.3, 0.4) is 0 Å². The molecule has 0 bridgehead atoms. The average molecular weight is 312 g/mol. The molecular formula is C18H20N2OS. The molecule has 1 aliphatic rings. The van der Waals surface area contributed by atoms with Crippen LogP contribution >= 0.6 is 12.6 Å². The SMILES string of the molecule is NC(CCS)C(=O)NCc1cccc2c1Cc1ccccc1-2. The molecule has 0 radical (unpaired) electrons. The minimum Gasteiger partial charge on any atom is -0.351 e. The maximum absolute atomic E-state index is 12.0. The minimum atomic E-state index is -0.480. The molecule has 22 heavy (non-hydrogen) atoms. The lowest BCUT2D eigenvalue weighted by Gasteiger charge is -2.13. The lowest BCUT2D eigenvalue weighted by atomic mass is 10.0. The van der Waals surface area contributed by atoms with Crippen molar-refractivity contribution in [3.05, 3.63) is 59.2 Å². The van der Waals surface area contributed by atoms with Gasteiger partial charge in [-0.2, -0.15) is 12.6 Å². The van der Waals surface area contributed by atoms with E-state index in [0.29, 0.717) is 18.7 Å². The zero-order valence-electron chi connectivity index (χ0n) is 12.4. The molecule has 1 aliphatic carbocycles. The number of rotatable bonds is 5. The first-order valence-corrected chi connectivity index (χ1v) is 8.17. The second kappa shape index (κ2) is 6.55. The monoisotopic (exact) mass is 312 g/mol. The second-order valence-corrected chi connectivity index (χ2v) is 6.06. The fourth-order valence-corrected chi connectivity index (χ4v) is 3.25. The van der Waals surface area contributed by atoms with Gasteiger partial charge < -0.3 is 11.1 Å². The van der Waals surface area contributed by atoms with Gasteiger partial charge >= 0.3 is 0 Å². The predicted octanol–water partition coefficient (Wildman–Crippen LogP) is 2.52. The van der Waals surface area contributed by atoms with Crippen LogP contribution in [-0.4, -0.2) is 17.7 Å². The topological polar surface area (TPSA) is 55.1 Å². The Morgan fingerprint density at radius 2 is 1.95 bits per heavy atom. The van der Waals surface area contributed by atoms with E-state index in [2.05, 4.69) is 60.4 Å². The third kappa shape index (κ3) is 2.89. The summed E-state index contributed by atoms with van der Waals surface area (Å²) < 4.78 is 0. The Morgan fingerprint density at radius 1 is 1.18 bits per heavy atom. The van der Waals surface area contributed by atoms with Crippen LogP contribution in [-0.2, 0) is 17.8 Å². The van der Waals surface area contributed by atoms with Crippen molar-refractivity contribution in [1.82, 2.24) is 5.32 Å². The van der Waals surface area contributed by atoms with E-state index in [9.17, 15) is 4.79 Å². The number of nitrogens with two attached hydrogens (primary N) is 1. The van der Waals surface area contributed by atoms with Crippen LogP contribution in [0.15, 0.2) is 42.5 Å². The Morgan fingerprint density at radius 3 is 2.77 bits per heavy atom. The number of benzene rings is 2. The quantitative estimate of drug-likeness (QED) is 0.634. The molecule has 0 saturated carbocycles. The van der Waals surface area contributed by atoms with E-state index in [0.717, 1.165) is 6.42 Å². The van der Waals surface area contributed by atoms with Crippen molar-refractivity contribution >= 4 is 18.5 Å². The van der Waals surface area contributed by atoms with Crippen LogP contribution in [0, 0.1) is 0 Å². The van der Waals surface area contributed by atoms with Crippen molar-refractivity contribution in [1.29, 1.82) is 0 Å². The summed E-state index contributed by atoms with van der Waals surface area (Å²) in [4.78, 5) is 12.0. The minimum absolute atomic E-state index is 0.109. The van der Waals surface area contributed by atoms with Gasteiger partial charge in [0, 0.05) is 6.54 Å². The van der Waals surface area contributed by atoms with Crippen LogP contribution in [0.1, 0.15) is 23.1 Å². The van der Waals surface area contributed by atoms with E-state index in [-0.39, 0.29) is 5.91 Å². The molecule has 1 amide bonds. The van der Waals surface area contributed by atoms with Crippen LogP contribution in [0.2, 0.25) is 0 Å². The molecule has 0 spiro atoms. The number of carbonyl (C=O) groups excluding carboxylic acids is 1. The molecule has 0 aliphatic heterocycles. The molecule has 114 valence electrons. The van der Waals surface area contributed by atoms with Gasteiger partial charge in [0.05, 0.1) is 6.04 Å². The summed E-state index contributed by atoms with van der Waals surface area (Å²) in [6.07, 6.45) is 1.52. The number of thiol groups is 1. The van der Waals surface area contributed by atoms with Crippen molar-refractivity contribution in [2.24, 2.45) is 5.73 Å². The highest BCUT2D eigenvalue weighted by Gasteiger charge is 2.20. The summed E-state index contributed by atoms with van der Waals surface area (Å²) in [5.41, 5.74) is 12.2. The van der Waals surface area contributed by atoms with Crippen molar-refractivity contribution in [3.63, 3.8) is 0 Å². The van der Waals surface area contributed by atoms with Crippen LogP contribution in [0.25, 0.3) is 11.1 Å². The number of hydrogen-bond donors (Lipinski definition) is 3. The van der Waals surface area contributed by atoms with Crippen molar-refractivity contribution in [3.8, 4) is 11.1 Å². The molecule has 3 rings (SSSR count). The molecule has 0 heterocycles. The maximum Gasteiger partial charge on any atom is 0.237 e. The van der Waals surface area contributed by atoms with Gasteiger partial charge in [-0.25, -0.2) is 0 Å². The lowest BCUT2D eigenvalue weighted by Crippen LogP contribution is -2.40. The summed E-state index contributed by atoms with van der Waals surface area (Å²) in [6, 6.07) is 14.3. The van der Waals surface area contributed by atoms with Gasteiger partial charge in [0.25, 0.3) is 0 Å². The maximum atomic E-state index is 12.0. The highest BCUT2D eigenvalue weighted by molar-refractivity contribution is 7.80. The van der Waals surface area contributed by atoms with E-state index in [1.54, 1.807) is 0 Å². The third-order valence-corrected chi connectivity index (χ3v) is 4.44. The highest BCUT2D eigenvalue weighted by atomic mass is 32.1. The fraction of sp³-hybridized carbons (Fsp3) is 0.278. The summed E-state index contributed by atoms with van der Waals surface area (Å²) >= 11 is 4.11. The molecule has 1 unspecified atom stereocenters. The Balaban J connectivity index is 1.76. The largest absolute Gasteiger partial charge is 0.351 e. The van der Waals surface area contributed by atoms with Gasteiger partial charge in [0.2, 0.25) is 5.91 Å². The fourth-order valence-electron chi connectivity index (χ4n) is 2.97. The van der Waals surface area contributed by atoms with Gasteiger partial charge in [0.1, 0.15) is 0 Å². The first kappa shape index (κ1) is 15.1. The molecule has 0 fully saturated rings. The number of carbonyl (C=O) groups is 1. The molecule has 2 aromatic rings. The number of amides is 1. The predicted molar refractivity (Wildman–Crippen MR) is 93.0 cm³/mol. The lowest BCUT2D eigenvalue weighted by molar-refractivity contribution is -0.122. The molecule has 1 atom stereocenters. The summed E-state index contributed by atoms with van der Waals surface area (Å²) in [5, 5.41) is 2.94. The van der Waals surface area contributed by atoms with Gasteiger partial charge in [-0.15, -0.1) is 0 Å². The van der Waals surface area contributed by atoms with E-state index in [1.807, 2.05) is 0 Å². The van der Waals surface area contributed by atoms with Crippen LogP contribution in [0.4, 0.5) is 0 Å². The number of hydrogen-bond acceptors (Lipinski definition) is 3. The first-order valence-electron chi connectivity index (χ1n) is 7.54. The molecule has 3 N–H and O–H groups in total. The van der Waals surface area contributed by atoms with Gasteiger partial charge in [-0.3, -0.25) is 4.79 Å². The van der Waals surface area contributed by atoms with Crippen LogP contribution in [0.5, 0.6) is 0 Å². The standard InChI is InChI=1S/C18H20N2OS/c19-17(8-9-22)18(21)20-11-13-5-3-7-15-14-6-2-1-4-12(14)10-16(13)15/h1-7,17,22H,8-11,19H2,(H,20,21).